The van der Waals surface area contributed by atoms with Crippen LogP contribution in [0.15, 0.2) is 4.99 Å². The maximum absolute atomic E-state index is 4.89. The fraction of sp³-hybridized carbons (Fsp3) is 0.950. The molecule has 2 aliphatic rings. The second-order valence-corrected chi connectivity index (χ2v) is 8.41. The lowest BCUT2D eigenvalue weighted by Gasteiger charge is -2.36. The van der Waals surface area contributed by atoms with E-state index in [1.54, 1.807) is 0 Å². The average Bonchev–Trinajstić information content (AvgIpc) is 2.60. The molecule has 2 N–H and O–H groups in total. The number of hydrogen-bond donors (Lipinski definition) is 2. The van der Waals surface area contributed by atoms with Crippen molar-refractivity contribution in [2.45, 2.75) is 65.5 Å². The van der Waals surface area contributed by atoms with Gasteiger partial charge in [0, 0.05) is 44.8 Å². The number of nitrogens with one attached hydrogen (secondary N) is 2. The summed E-state index contributed by atoms with van der Waals surface area (Å²) in [5.74, 6) is 2.75. The Morgan fingerprint density at radius 1 is 1.04 bits per heavy atom. The normalized spacial score (nSPS) is 28.2. The van der Waals surface area contributed by atoms with Crippen LogP contribution in [0.2, 0.25) is 0 Å². The Kier molecular flexibility index (Phi) is 8.50. The van der Waals surface area contributed by atoms with E-state index in [1.807, 2.05) is 0 Å². The van der Waals surface area contributed by atoms with Crippen LogP contribution in [-0.2, 0) is 0 Å². The molecule has 1 atom stereocenters. The predicted molar refractivity (Wildman–Crippen MR) is 108 cm³/mol. The van der Waals surface area contributed by atoms with Crippen molar-refractivity contribution < 1.29 is 0 Å². The molecule has 0 aromatic heterocycles. The minimum Gasteiger partial charge on any atom is -0.357 e. The summed E-state index contributed by atoms with van der Waals surface area (Å²) in [6, 6.07) is 1.10. The molecule has 0 amide bonds. The third-order valence-corrected chi connectivity index (χ3v) is 6.07. The molecule has 2 fully saturated rings. The van der Waals surface area contributed by atoms with Crippen molar-refractivity contribution in [2.24, 2.45) is 16.8 Å². The van der Waals surface area contributed by atoms with Gasteiger partial charge in [-0.2, -0.15) is 0 Å². The number of likely N-dealkylation sites (N-methyl/N-ethyl adjacent to an activating group) is 1. The highest BCUT2D eigenvalue weighted by molar-refractivity contribution is 5.80. The number of rotatable bonds is 6. The molecule has 0 spiro atoms. The summed E-state index contributed by atoms with van der Waals surface area (Å²) >= 11 is 0. The molecular formula is C20H41N5. The predicted octanol–water partition coefficient (Wildman–Crippen LogP) is 2.39. The molecule has 1 unspecified atom stereocenters. The van der Waals surface area contributed by atoms with Crippen molar-refractivity contribution in [2.75, 3.05) is 46.3 Å². The van der Waals surface area contributed by atoms with Crippen molar-refractivity contribution in [1.82, 2.24) is 20.4 Å². The standard InChI is InChI=1S/C20H41N5/c1-6-21-20(23-19-9-7-18(8-10-19)16(2)3)22-15-17(4)25-13-11-24(5)12-14-25/h16-19H,6-15H2,1-5H3,(H2,21,22,23). The molecule has 1 saturated heterocycles. The Morgan fingerprint density at radius 3 is 2.24 bits per heavy atom. The molecule has 0 aromatic carbocycles. The fourth-order valence-electron chi connectivity index (χ4n) is 4.05. The van der Waals surface area contributed by atoms with Crippen LogP contribution < -0.4 is 10.6 Å². The van der Waals surface area contributed by atoms with E-state index < -0.39 is 0 Å². The van der Waals surface area contributed by atoms with Crippen LogP contribution in [0.1, 0.15) is 53.4 Å². The Hall–Kier alpha value is -0.810. The van der Waals surface area contributed by atoms with Crippen LogP contribution in [0.3, 0.4) is 0 Å². The monoisotopic (exact) mass is 351 g/mol. The van der Waals surface area contributed by atoms with Gasteiger partial charge in [-0.05, 0) is 58.4 Å². The molecule has 1 heterocycles. The van der Waals surface area contributed by atoms with E-state index in [-0.39, 0.29) is 0 Å². The fourth-order valence-corrected chi connectivity index (χ4v) is 4.05. The van der Waals surface area contributed by atoms with Crippen LogP contribution in [-0.4, -0.2) is 74.2 Å². The minimum absolute atomic E-state index is 0.515. The second kappa shape index (κ2) is 10.4. The highest BCUT2D eigenvalue weighted by Crippen LogP contribution is 2.29. The van der Waals surface area contributed by atoms with Gasteiger partial charge in [0.25, 0.3) is 0 Å². The maximum atomic E-state index is 4.89. The molecule has 1 aliphatic carbocycles. The molecular weight excluding hydrogens is 310 g/mol. The van der Waals surface area contributed by atoms with E-state index in [0.29, 0.717) is 12.1 Å². The first-order chi connectivity index (χ1) is 12.0. The van der Waals surface area contributed by atoms with E-state index >= 15 is 0 Å². The number of hydrogen-bond acceptors (Lipinski definition) is 3. The summed E-state index contributed by atoms with van der Waals surface area (Å²) in [5, 5.41) is 7.14. The van der Waals surface area contributed by atoms with Crippen molar-refractivity contribution >= 4 is 5.96 Å². The lowest BCUT2D eigenvalue weighted by atomic mass is 9.80. The van der Waals surface area contributed by atoms with E-state index in [4.69, 9.17) is 4.99 Å². The number of piperazine rings is 1. The van der Waals surface area contributed by atoms with Gasteiger partial charge in [-0.3, -0.25) is 9.89 Å². The Morgan fingerprint density at radius 2 is 1.68 bits per heavy atom. The van der Waals surface area contributed by atoms with Crippen molar-refractivity contribution in [3.05, 3.63) is 0 Å². The van der Waals surface area contributed by atoms with Crippen LogP contribution in [0.4, 0.5) is 0 Å². The summed E-state index contributed by atoms with van der Waals surface area (Å²) in [6.45, 7) is 15.7. The molecule has 1 aliphatic heterocycles. The summed E-state index contributed by atoms with van der Waals surface area (Å²) in [7, 11) is 2.21. The van der Waals surface area contributed by atoms with Crippen molar-refractivity contribution in [3.8, 4) is 0 Å². The molecule has 5 nitrogen and oxygen atoms in total. The van der Waals surface area contributed by atoms with Crippen molar-refractivity contribution in [1.29, 1.82) is 0 Å². The zero-order valence-electron chi connectivity index (χ0n) is 17.2. The first-order valence-corrected chi connectivity index (χ1v) is 10.5. The van der Waals surface area contributed by atoms with Gasteiger partial charge in [0.15, 0.2) is 5.96 Å². The molecule has 0 radical (unpaired) electrons. The van der Waals surface area contributed by atoms with Gasteiger partial charge in [-0.25, -0.2) is 0 Å². The van der Waals surface area contributed by atoms with Crippen LogP contribution in [0.25, 0.3) is 0 Å². The smallest absolute Gasteiger partial charge is 0.191 e. The molecule has 25 heavy (non-hydrogen) atoms. The van der Waals surface area contributed by atoms with Gasteiger partial charge in [0.2, 0.25) is 0 Å². The van der Waals surface area contributed by atoms with Gasteiger partial charge in [-0.15, -0.1) is 0 Å². The van der Waals surface area contributed by atoms with E-state index in [2.05, 4.69) is 55.2 Å². The van der Waals surface area contributed by atoms with Crippen molar-refractivity contribution in [3.63, 3.8) is 0 Å². The maximum Gasteiger partial charge on any atom is 0.191 e. The summed E-state index contributed by atoms with van der Waals surface area (Å²) in [5.41, 5.74) is 0. The summed E-state index contributed by atoms with van der Waals surface area (Å²) < 4.78 is 0. The Labute approximate surface area is 155 Å². The van der Waals surface area contributed by atoms with Gasteiger partial charge < -0.3 is 15.5 Å². The highest BCUT2D eigenvalue weighted by Gasteiger charge is 2.24. The largest absolute Gasteiger partial charge is 0.357 e. The summed E-state index contributed by atoms with van der Waals surface area (Å²) in [6.07, 6.45) is 5.27. The molecule has 1 saturated carbocycles. The zero-order valence-corrected chi connectivity index (χ0v) is 17.2. The lowest BCUT2D eigenvalue weighted by molar-refractivity contribution is 0.122. The zero-order chi connectivity index (χ0) is 18.2. The van der Waals surface area contributed by atoms with Crippen LogP contribution in [0, 0.1) is 11.8 Å². The lowest BCUT2D eigenvalue weighted by Crippen LogP contribution is -2.49. The number of nitrogens with zero attached hydrogens (tertiary/aromatic N) is 3. The third-order valence-electron chi connectivity index (χ3n) is 6.07. The van der Waals surface area contributed by atoms with E-state index in [0.717, 1.165) is 44.0 Å². The topological polar surface area (TPSA) is 42.9 Å². The van der Waals surface area contributed by atoms with Gasteiger partial charge >= 0.3 is 0 Å². The highest BCUT2D eigenvalue weighted by atomic mass is 15.3. The number of guanidine groups is 1. The first kappa shape index (κ1) is 20.5. The molecule has 2 rings (SSSR count). The molecule has 0 aromatic rings. The van der Waals surface area contributed by atoms with Crippen LogP contribution >= 0.6 is 0 Å². The quantitative estimate of drug-likeness (QED) is 0.570. The molecule has 0 bridgehead atoms. The van der Waals surface area contributed by atoms with Gasteiger partial charge in [0.05, 0.1) is 6.54 Å². The first-order valence-electron chi connectivity index (χ1n) is 10.5. The second-order valence-electron chi connectivity index (χ2n) is 8.41. The van der Waals surface area contributed by atoms with Crippen LogP contribution in [0.5, 0.6) is 0 Å². The van der Waals surface area contributed by atoms with Gasteiger partial charge in [0.1, 0.15) is 0 Å². The average molecular weight is 352 g/mol. The number of aliphatic imine (C=N–C) groups is 1. The molecule has 146 valence electrons. The summed E-state index contributed by atoms with van der Waals surface area (Å²) in [4.78, 5) is 9.87. The van der Waals surface area contributed by atoms with E-state index in [9.17, 15) is 0 Å². The van der Waals surface area contributed by atoms with E-state index in [1.165, 1.54) is 38.8 Å². The minimum atomic E-state index is 0.515. The molecule has 5 heteroatoms. The SMILES string of the molecule is CCNC(=NCC(C)N1CCN(C)CC1)NC1CCC(C(C)C)CC1. The van der Waals surface area contributed by atoms with Gasteiger partial charge in [-0.1, -0.05) is 13.8 Å². The Balaban J connectivity index is 1.80. The Bertz CT molecular complexity index is 393. The third kappa shape index (κ3) is 6.78.